The van der Waals surface area contributed by atoms with E-state index in [2.05, 4.69) is 38.2 Å². The molecule has 0 amide bonds. The average Bonchev–Trinajstić information content (AvgIpc) is 2.15. The van der Waals surface area contributed by atoms with E-state index in [0.717, 1.165) is 0 Å². The van der Waals surface area contributed by atoms with Crippen molar-refractivity contribution in [2.75, 3.05) is 0 Å². The lowest BCUT2D eigenvalue weighted by molar-refractivity contribution is -0.139. The van der Waals surface area contributed by atoms with Gasteiger partial charge in [-0.1, -0.05) is 17.7 Å². The first kappa shape index (κ1) is 13.7. The van der Waals surface area contributed by atoms with Gasteiger partial charge in [-0.2, -0.15) is 0 Å². The van der Waals surface area contributed by atoms with Crippen molar-refractivity contribution in [1.29, 1.82) is 0 Å². The van der Waals surface area contributed by atoms with Crippen molar-refractivity contribution in [3.05, 3.63) is 34.4 Å². The molecule has 0 aliphatic rings. The molecule has 0 aliphatic heterocycles. The summed E-state index contributed by atoms with van der Waals surface area (Å²) in [5, 5.41) is 12.0. The molecule has 1 aromatic rings. The number of rotatable bonds is 4. The molecule has 2 unspecified atom stereocenters. The van der Waals surface area contributed by atoms with Crippen molar-refractivity contribution in [2.24, 2.45) is 0 Å². The van der Waals surface area contributed by atoms with Crippen LogP contribution in [0.3, 0.4) is 0 Å². The zero-order valence-corrected chi connectivity index (χ0v) is 11.2. The van der Waals surface area contributed by atoms with Crippen molar-refractivity contribution in [3.8, 4) is 0 Å². The van der Waals surface area contributed by atoms with Crippen LogP contribution in [-0.4, -0.2) is 17.1 Å². The molecule has 0 heterocycles. The van der Waals surface area contributed by atoms with Crippen LogP contribution in [0.1, 0.15) is 42.1 Å². The van der Waals surface area contributed by atoms with Crippen molar-refractivity contribution in [2.45, 2.75) is 46.7 Å². The number of carboxylic acid groups (broad SMARTS) is 1. The Hall–Kier alpha value is -1.35. The van der Waals surface area contributed by atoms with Crippen LogP contribution in [0, 0.1) is 20.8 Å². The maximum absolute atomic E-state index is 10.8. The van der Waals surface area contributed by atoms with Crippen LogP contribution in [0.5, 0.6) is 0 Å². The smallest absolute Gasteiger partial charge is 0.320 e. The normalized spacial score (nSPS) is 14.4. The Kier molecular flexibility index (Phi) is 4.29. The lowest BCUT2D eigenvalue weighted by atomic mass is 9.94. The van der Waals surface area contributed by atoms with E-state index in [9.17, 15) is 4.79 Å². The largest absolute Gasteiger partial charge is 0.480 e. The third kappa shape index (κ3) is 3.30. The summed E-state index contributed by atoms with van der Waals surface area (Å²) in [6, 6.07) is 3.77. The third-order valence-electron chi connectivity index (χ3n) is 3.04. The van der Waals surface area contributed by atoms with Gasteiger partial charge < -0.3 is 5.11 Å². The molecule has 0 spiro atoms. The summed E-state index contributed by atoms with van der Waals surface area (Å²) in [6.45, 7) is 9.88. The molecule has 17 heavy (non-hydrogen) atoms. The van der Waals surface area contributed by atoms with E-state index in [-0.39, 0.29) is 6.04 Å². The molecular formula is C14H21NO2. The maximum atomic E-state index is 10.8. The van der Waals surface area contributed by atoms with Crippen molar-refractivity contribution < 1.29 is 9.90 Å². The quantitative estimate of drug-likeness (QED) is 0.843. The highest BCUT2D eigenvalue weighted by molar-refractivity contribution is 5.72. The Bertz CT molecular complexity index is 403. The second kappa shape index (κ2) is 5.32. The standard InChI is InChI=1S/C14H21NO2/c1-8-6-9(2)13(10(3)7-8)11(4)15-12(5)14(16)17/h6-7,11-12,15H,1-5H3,(H,16,17). The van der Waals surface area contributed by atoms with E-state index in [1.54, 1.807) is 6.92 Å². The Morgan fingerprint density at radius 2 is 1.65 bits per heavy atom. The summed E-state index contributed by atoms with van der Waals surface area (Å²) >= 11 is 0. The van der Waals surface area contributed by atoms with Gasteiger partial charge in [0.25, 0.3) is 0 Å². The first-order valence-corrected chi connectivity index (χ1v) is 5.89. The van der Waals surface area contributed by atoms with Gasteiger partial charge >= 0.3 is 5.97 Å². The first-order valence-electron chi connectivity index (χ1n) is 5.89. The van der Waals surface area contributed by atoms with Gasteiger partial charge in [-0.05, 0) is 51.3 Å². The van der Waals surface area contributed by atoms with Crippen LogP contribution in [-0.2, 0) is 4.79 Å². The zero-order valence-electron chi connectivity index (χ0n) is 11.2. The fraction of sp³-hybridized carbons (Fsp3) is 0.500. The van der Waals surface area contributed by atoms with Gasteiger partial charge in [-0.25, -0.2) is 0 Å². The van der Waals surface area contributed by atoms with Crippen LogP contribution in [0.15, 0.2) is 12.1 Å². The topological polar surface area (TPSA) is 49.3 Å². The number of benzene rings is 1. The number of aryl methyl sites for hydroxylation is 3. The van der Waals surface area contributed by atoms with E-state index in [0.29, 0.717) is 0 Å². The molecule has 94 valence electrons. The van der Waals surface area contributed by atoms with Crippen LogP contribution in [0.4, 0.5) is 0 Å². The summed E-state index contributed by atoms with van der Waals surface area (Å²) < 4.78 is 0. The van der Waals surface area contributed by atoms with E-state index >= 15 is 0 Å². The SMILES string of the molecule is Cc1cc(C)c(C(C)NC(C)C(=O)O)c(C)c1. The monoisotopic (exact) mass is 235 g/mol. The second-order valence-corrected chi connectivity index (χ2v) is 4.76. The van der Waals surface area contributed by atoms with Gasteiger partial charge in [-0.3, -0.25) is 10.1 Å². The molecule has 2 N–H and O–H groups in total. The van der Waals surface area contributed by atoms with Crippen molar-refractivity contribution in [3.63, 3.8) is 0 Å². The highest BCUT2D eigenvalue weighted by Gasteiger charge is 2.17. The Labute approximate surface area is 103 Å². The first-order chi connectivity index (χ1) is 7.82. The zero-order chi connectivity index (χ0) is 13.2. The Balaban J connectivity index is 2.96. The molecule has 2 atom stereocenters. The number of aliphatic carboxylic acids is 1. The minimum absolute atomic E-state index is 0.0432. The predicted molar refractivity (Wildman–Crippen MR) is 69.3 cm³/mol. The van der Waals surface area contributed by atoms with E-state index < -0.39 is 12.0 Å². The number of hydrogen-bond donors (Lipinski definition) is 2. The summed E-state index contributed by atoms with van der Waals surface area (Å²) in [6.07, 6.45) is 0. The van der Waals surface area contributed by atoms with E-state index in [1.165, 1.54) is 22.3 Å². The van der Waals surface area contributed by atoms with Crippen LogP contribution < -0.4 is 5.32 Å². The molecule has 0 aromatic heterocycles. The molecular weight excluding hydrogens is 214 g/mol. The number of carboxylic acids is 1. The summed E-state index contributed by atoms with van der Waals surface area (Å²) in [4.78, 5) is 10.8. The molecule has 0 radical (unpaired) electrons. The fourth-order valence-electron chi connectivity index (χ4n) is 2.40. The number of carbonyl (C=O) groups is 1. The van der Waals surface area contributed by atoms with Gasteiger partial charge in [0, 0.05) is 6.04 Å². The third-order valence-corrected chi connectivity index (χ3v) is 3.04. The summed E-state index contributed by atoms with van der Waals surface area (Å²) in [5.74, 6) is -0.820. The molecule has 0 aliphatic carbocycles. The van der Waals surface area contributed by atoms with Gasteiger partial charge in [0.1, 0.15) is 6.04 Å². The van der Waals surface area contributed by atoms with Gasteiger partial charge in [0.05, 0.1) is 0 Å². The molecule has 0 bridgehead atoms. The number of hydrogen-bond acceptors (Lipinski definition) is 2. The lowest BCUT2D eigenvalue weighted by Crippen LogP contribution is -2.36. The maximum Gasteiger partial charge on any atom is 0.320 e. The molecule has 0 fully saturated rings. The molecule has 0 saturated carbocycles. The average molecular weight is 235 g/mol. The molecule has 3 heteroatoms. The van der Waals surface area contributed by atoms with Crippen LogP contribution >= 0.6 is 0 Å². The minimum Gasteiger partial charge on any atom is -0.480 e. The number of nitrogens with one attached hydrogen (secondary N) is 1. The van der Waals surface area contributed by atoms with Crippen LogP contribution in [0.25, 0.3) is 0 Å². The summed E-state index contributed by atoms with van der Waals surface area (Å²) in [7, 11) is 0. The van der Waals surface area contributed by atoms with Gasteiger partial charge in [0.15, 0.2) is 0 Å². The lowest BCUT2D eigenvalue weighted by Gasteiger charge is -2.22. The fourth-order valence-corrected chi connectivity index (χ4v) is 2.40. The van der Waals surface area contributed by atoms with Crippen LogP contribution in [0.2, 0.25) is 0 Å². The Morgan fingerprint density at radius 3 is 2.06 bits per heavy atom. The minimum atomic E-state index is -0.820. The molecule has 1 aromatic carbocycles. The van der Waals surface area contributed by atoms with Crippen molar-refractivity contribution >= 4 is 5.97 Å². The second-order valence-electron chi connectivity index (χ2n) is 4.76. The molecule has 1 rings (SSSR count). The van der Waals surface area contributed by atoms with E-state index in [4.69, 9.17) is 5.11 Å². The predicted octanol–water partition coefficient (Wildman–Crippen LogP) is 2.74. The van der Waals surface area contributed by atoms with Gasteiger partial charge in [-0.15, -0.1) is 0 Å². The summed E-state index contributed by atoms with van der Waals surface area (Å²) in [5.41, 5.74) is 4.85. The molecule has 0 saturated heterocycles. The van der Waals surface area contributed by atoms with Gasteiger partial charge in [0.2, 0.25) is 0 Å². The Morgan fingerprint density at radius 1 is 1.18 bits per heavy atom. The highest BCUT2D eigenvalue weighted by Crippen LogP contribution is 2.23. The van der Waals surface area contributed by atoms with Crippen molar-refractivity contribution in [1.82, 2.24) is 5.32 Å². The molecule has 3 nitrogen and oxygen atoms in total. The highest BCUT2D eigenvalue weighted by atomic mass is 16.4. The van der Waals surface area contributed by atoms with E-state index in [1.807, 2.05) is 6.92 Å².